The zero-order valence-electron chi connectivity index (χ0n) is 11.5. The summed E-state index contributed by atoms with van der Waals surface area (Å²) in [6.07, 6.45) is 0. The molecule has 20 heavy (non-hydrogen) atoms. The van der Waals surface area contributed by atoms with Crippen molar-refractivity contribution in [2.45, 2.75) is 13.5 Å². The topological polar surface area (TPSA) is 43.8 Å². The summed E-state index contributed by atoms with van der Waals surface area (Å²) in [6.45, 7) is 2.42. The van der Waals surface area contributed by atoms with E-state index in [1.54, 1.807) is 6.07 Å². The molecule has 0 atom stereocenters. The van der Waals surface area contributed by atoms with Gasteiger partial charge in [0.25, 0.3) is 0 Å². The molecule has 0 bridgehead atoms. The Bertz CT molecular complexity index is 790. The molecule has 1 aromatic heterocycles. The molecule has 0 spiro atoms. The minimum atomic E-state index is -0.256. The van der Waals surface area contributed by atoms with E-state index in [9.17, 15) is 4.39 Å². The summed E-state index contributed by atoms with van der Waals surface area (Å²) >= 11 is 0. The Balaban J connectivity index is 2.26. The first-order chi connectivity index (χ1) is 9.60. The van der Waals surface area contributed by atoms with E-state index in [0.717, 1.165) is 22.2 Å². The number of nitrogens with two attached hydrogens (primary N) is 1. The molecule has 1 heterocycles. The molecular formula is C16H16FN3. The first-order valence-electron chi connectivity index (χ1n) is 6.52. The average molecular weight is 269 g/mol. The second kappa shape index (κ2) is 4.72. The number of hydrogen-bond acceptors (Lipinski definition) is 2. The Morgan fingerprint density at radius 2 is 2.00 bits per heavy atom. The van der Waals surface area contributed by atoms with Crippen LogP contribution < -0.4 is 5.73 Å². The van der Waals surface area contributed by atoms with Crippen LogP contribution in [0.3, 0.4) is 0 Å². The first kappa shape index (κ1) is 12.8. The highest BCUT2D eigenvalue weighted by molar-refractivity contribution is 5.81. The smallest absolute Gasteiger partial charge is 0.143 e. The van der Waals surface area contributed by atoms with Gasteiger partial charge in [0.1, 0.15) is 11.6 Å². The number of rotatable bonds is 2. The highest BCUT2D eigenvalue weighted by Crippen LogP contribution is 2.27. The number of imidazole rings is 1. The van der Waals surface area contributed by atoms with E-state index in [1.807, 2.05) is 42.8 Å². The van der Waals surface area contributed by atoms with Crippen molar-refractivity contribution in [1.29, 1.82) is 0 Å². The molecule has 4 heteroatoms. The van der Waals surface area contributed by atoms with Gasteiger partial charge in [0.2, 0.25) is 0 Å². The van der Waals surface area contributed by atoms with Gasteiger partial charge in [-0.3, -0.25) is 0 Å². The molecule has 0 aliphatic heterocycles. The molecule has 2 aromatic carbocycles. The highest BCUT2D eigenvalue weighted by atomic mass is 19.1. The first-order valence-corrected chi connectivity index (χ1v) is 6.52. The zero-order chi connectivity index (χ0) is 14.3. The summed E-state index contributed by atoms with van der Waals surface area (Å²) in [7, 11) is 1.90. The van der Waals surface area contributed by atoms with E-state index >= 15 is 0 Å². The zero-order valence-corrected chi connectivity index (χ0v) is 11.5. The maximum atomic E-state index is 14.0. The summed E-state index contributed by atoms with van der Waals surface area (Å²) in [5, 5.41) is 0. The standard InChI is InChI=1S/C16H16FN3/c1-10-3-5-13(17)12(7-10)16-19-14-8-11(9-18)4-6-15(14)20(16)2/h3-8H,9,18H2,1-2H3. The largest absolute Gasteiger partial charge is 0.327 e. The van der Waals surface area contributed by atoms with Crippen molar-refractivity contribution in [3.63, 3.8) is 0 Å². The molecule has 0 radical (unpaired) electrons. The molecule has 0 amide bonds. The summed E-state index contributed by atoms with van der Waals surface area (Å²) in [4.78, 5) is 4.56. The summed E-state index contributed by atoms with van der Waals surface area (Å²) in [5.74, 6) is 0.378. The third kappa shape index (κ3) is 1.98. The van der Waals surface area contributed by atoms with Gasteiger partial charge in [0.05, 0.1) is 16.6 Å². The van der Waals surface area contributed by atoms with Crippen LogP contribution in [0.2, 0.25) is 0 Å². The van der Waals surface area contributed by atoms with E-state index in [4.69, 9.17) is 5.73 Å². The molecule has 0 aliphatic carbocycles. The van der Waals surface area contributed by atoms with Gasteiger partial charge >= 0.3 is 0 Å². The second-order valence-electron chi connectivity index (χ2n) is 5.00. The van der Waals surface area contributed by atoms with E-state index in [1.165, 1.54) is 6.07 Å². The van der Waals surface area contributed by atoms with Crippen molar-refractivity contribution in [1.82, 2.24) is 9.55 Å². The predicted molar refractivity (Wildman–Crippen MR) is 78.7 cm³/mol. The van der Waals surface area contributed by atoms with Gasteiger partial charge in [0.15, 0.2) is 0 Å². The van der Waals surface area contributed by atoms with Crippen LogP contribution >= 0.6 is 0 Å². The Morgan fingerprint density at radius 3 is 2.75 bits per heavy atom. The molecule has 102 valence electrons. The molecular weight excluding hydrogens is 253 g/mol. The van der Waals surface area contributed by atoms with Crippen LogP contribution in [0.4, 0.5) is 4.39 Å². The normalized spacial score (nSPS) is 11.2. The van der Waals surface area contributed by atoms with Gasteiger partial charge < -0.3 is 10.3 Å². The fourth-order valence-electron chi connectivity index (χ4n) is 2.42. The number of hydrogen-bond donors (Lipinski definition) is 1. The van der Waals surface area contributed by atoms with Gasteiger partial charge in [0, 0.05) is 13.6 Å². The van der Waals surface area contributed by atoms with Gasteiger partial charge in [-0.25, -0.2) is 9.37 Å². The fourth-order valence-corrected chi connectivity index (χ4v) is 2.42. The average Bonchev–Trinajstić information content (AvgIpc) is 2.78. The Kier molecular flexibility index (Phi) is 3.03. The minimum absolute atomic E-state index is 0.256. The number of aryl methyl sites for hydroxylation is 2. The molecule has 0 aliphatic rings. The minimum Gasteiger partial charge on any atom is -0.327 e. The van der Waals surface area contributed by atoms with E-state index in [0.29, 0.717) is 17.9 Å². The highest BCUT2D eigenvalue weighted by Gasteiger charge is 2.14. The van der Waals surface area contributed by atoms with E-state index in [2.05, 4.69) is 4.98 Å². The van der Waals surface area contributed by atoms with Crippen molar-refractivity contribution in [3.8, 4) is 11.4 Å². The number of nitrogens with zero attached hydrogens (tertiary/aromatic N) is 2. The number of benzene rings is 2. The lowest BCUT2D eigenvalue weighted by atomic mass is 10.1. The molecule has 0 saturated carbocycles. The van der Waals surface area contributed by atoms with Crippen molar-refractivity contribution in [2.24, 2.45) is 12.8 Å². The van der Waals surface area contributed by atoms with Crippen LogP contribution in [0, 0.1) is 12.7 Å². The monoisotopic (exact) mass is 269 g/mol. The number of aromatic nitrogens is 2. The fraction of sp³-hybridized carbons (Fsp3) is 0.188. The van der Waals surface area contributed by atoms with Crippen LogP contribution in [-0.4, -0.2) is 9.55 Å². The van der Waals surface area contributed by atoms with Gasteiger partial charge in [-0.1, -0.05) is 17.7 Å². The molecule has 2 N–H and O–H groups in total. The Labute approximate surface area is 116 Å². The number of halogens is 1. The lowest BCUT2D eigenvalue weighted by Crippen LogP contribution is -1.96. The van der Waals surface area contributed by atoms with Crippen LogP contribution in [0.15, 0.2) is 36.4 Å². The van der Waals surface area contributed by atoms with Crippen molar-refractivity contribution in [2.75, 3.05) is 0 Å². The van der Waals surface area contributed by atoms with Gasteiger partial charge in [-0.05, 0) is 36.8 Å². The maximum Gasteiger partial charge on any atom is 0.143 e. The Morgan fingerprint density at radius 1 is 1.20 bits per heavy atom. The van der Waals surface area contributed by atoms with Crippen molar-refractivity contribution < 1.29 is 4.39 Å². The van der Waals surface area contributed by atoms with Crippen molar-refractivity contribution in [3.05, 3.63) is 53.3 Å². The number of fused-ring (bicyclic) bond motifs is 1. The third-order valence-corrected chi connectivity index (χ3v) is 3.54. The van der Waals surface area contributed by atoms with Gasteiger partial charge in [-0.15, -0.1) is 0 Å². The quantitative estimate of drug-likeness (QED) is 0.776. The molecule has 0 fully saturated rings. The molecule has 3 aromatic rings. The molecule has 3 nitrogen and oxygen atoms in total. The van der Waals surface area contributed by atoms with E-state index in [-0.39, 0.29) is 5.82 Å². The predicted octanol–water partition coefficient (Wildman–Crippen LogP) is 3.15. The van der Waals surface area contributed by atoms with Crippen molar-refractivity contribution >= 4 is 11.0 Å². The second-order valence-corrected chi connectivity index (χ2v) is 5.00. The van der Waals surface area contributed by atoms with Crippen LogP contribution in [0.1, 0.15) is 11.1 Å². The summed E-state index contributed by atoms with van der Waals surface area (Å²) in [6, 6.07) is 11.0. The summed E-state index contributed by atoms with van der Waals surface area (Å²) < 4.78 is 15.9. The van der Waals surface area contributed by atoms with Gasteiger partial charge in [-0.2, -0.15) is 0 Å². The Hall–Kier alpha value is -2.20. The van der Waals surface area contributed by atoms with Crippen LogP contribution in [0.25, 0.3) is 22.4 Å². The molecule has 0 unspecified atom stereocenters. The maximum absolute atomic E-state index is 14.0. The molecule has 0 saturated heterocycles. The SMILES string of the molecule is Cc1ccc(F)c(-c2nc3cc(CN)ccc3n2C)c1. The third-order valence-electron chi connectivity index (χ3n) is 3.54. The lowest BCUT2D eigenvalue weighted by molar-refractivity contribution is 0.628. The lowest BCUT2D eigenvalue weighted by Gasteiger charge is -2.05. The van der Waals surface area contributed by atoms with Crippen LogP contribution in [-0.2, 0) is 13.6 Å². The summed E-state index contributed by atoms with van der Waals surface area (Å²) in [5.41, 5.74) is 10.0. The van der Waals surface area contributed by atoms with Crippen LogP contribution in [0.5, 0.6) is 0 Å². The van der Waals surface area contributed by atoms with E-state index < -0.39 is 0 Å². The molecule has 3 rings (SSSR count).